The highest BCUT2D eigenvalue weighted by Crippen LogP contribution is 2.63. The van der Waals surface area contributed by atoms with Gasteiger partial charge in [-0.05, 0) is 30.5 Å². The van der Waals surface area contributed by atoms with Crippen LogP contribution in [-0.4, -0.2) is 35.7 Å². The van der Waals surface area contributed by atoms with Gasteiger partial charge in [0.1, 0.15) is 12.0 Å². The molecule has 0 bridgehead atoms. The summed E-state index contributed by atoms with van der Waals surface area (Å²) in [5.41, 5.74) is 4.61. The Hall–Kier alpha value is -2.47. The van der Waals surface area contributed by atoms with E-state index in [0.717, 1.165) is 32.5 Å². The van der Waals surface area contributed by atoms with Crippen LogP contribution in [0, 0.1) is 10.8 Å². The molecule has 1 aromatic carbocycles. The topological polar surface area (TPSA) is 76.5 Å². The Balaban J connectivity index is 1.90. The van der Waals surface area contributed by atoms with E-state index in [1.54, 1.807) is 0 Å². The minimum absolute atomic E-state index is 0.0144. The lowest BCUT2D eigenvalue weighted by Crippen LogP contribution is -3.15. The lowest BCUT2D eigenvalue weighted by Gasteiger charge is -2.27. The average Bonchev–Trinajstić information content (AvgIpc) is 3.15. The number of aromatic nitrogens is 2. The van der Waals surface area contributed by atoms with Crippen LogP contribution in [0.1, 0.15) is 63.1 Å². The van der Waals surface area contributed by atoms with E-state index in [2.05, 4.69) is 43.6 Å². The second kappa shape index (κ2) is 6.52. The van der Waals surface area contributed by atoms with Crippen LogP contribution in [0.15, 0.2) is 18.8 Å². The number of aromatic amines is 1. The highest BCUT2D eigenvalue weighted by Gasteiger charge is 2.67. The van der Waals surface area contributed by atoms with Gasteiger partial charge in [0.05, 0.1) is 31.8 Å². The summed E-state index contributed by atoms with van der Waals surface area (Å²) >= 11 is 0. The molecule has 2 heterocycles. The predicted molar refractivity (Wildman–Crippen MR) is 111 cm³/mol. The molecule has 0 spiro atoms. The van der Waals surface area contributed by atoms with E-state index in [4.69, 9.17) is 4.74 Å². The zero-order valence-electron chi connectivity index (χ0n) is 17.9. The number of methoxy groups -OCH3 is 1. The molecule has 1 fully saturated rings. The van der Waals surface area contributed by atoms with Gasteiger partial charge in [0, 0.05) is 27.8 Å². The van der Waals surface area contributed by atoms with Crippen LogP contribution < -0.4 is 4.90 Å². The second-order valence-electron chi connectivity index (χ2n) is 9.94. The molecule has 0 radical (unpaired) electrons. The molecule has 1 amide bonds. The summed E-state index contributed by atoms with van der Waals surface area (Å²) in [7, 11) is 1.39. The standard InChI is InChI=1S/C23H29N3O3/c1-13(2)14-7-15-17(16-10-24-25-20(14)16)11-26(12-22(3,4)5)21(28)23(8-18(15)23)9-19(27)29-6/h7,10,18H,1,8-9,11-12H2,2-6H3,(H,24,25)/p+1/t18-,23?/m1/s1. The quantitative estimate of drug-likeness (QED) is 0.779. The number of H-pyrrole nitrogens is 1. The SMILES string of the molecule is C=C(C)c1cc2c(c3cn[nH]c13)C[NH+](CC(C)(C)C)C(=O)C1(CC(=O)OC)C[C@H]21. The fourth-order valence-corrected chi connectivity index (χ4v) is 5.03. The van der Waals surface area contributed by atoms with Crippen molar-refractivity contribution in [1.82, 2.24) is 10.2 Å². The third kappa shape index (κ3) is 3.19. The number of amides is 1. The number of benzene rings is 1. The van der Waals surface area contributed by atoms with E-state index in [1.807, 2.05) is 13.1 Å². The number of carbonyl (C=O) groups excluding carboxylic acids is 2. The molecular formula is C23H30N3O3+. The monoisotopic (exact) mass is 396 g/mol. The van der Waals surface area contributed by atoms with Gasteiger partial charge < -0.3 is 4.74 Å². The van der Waals surface area contributed by atoms with Crippen LogP contribution in [0.5, 0.6) is 0 Å². The molecule has 2 aliphatic rings. The number of fused-ring (bicyclic) bond motifs is 5. The van der Waals surface area contributed by atoms with Gasteiger partial charge in [0.2, 0.25) is 0 Å². The first kappa shape index (κ1) is 19.8. The number of ether oxygens (including phenoxy) is 1. The summed E-state index contributed by atoms with van der Waals surface area (Å²) < 4.78 is 4.95. The van der Waals surface area contributed by atoms with Crippen molar-refractivity contribution in [2.24, 2.45) is 10.8 Å². The van der Waals surface area contributed by atoms with E-state index in [-0.39, 0.29) is 29.6 Å². The molecule has 154 valence electrons. The average molecular weight is 397 g/mol. The second-order valence-corrected chi connectivity index (χ2v) is 9.94. The predicted octanol–water partition coefficient (Wildman–Crippen LogP) is 2.60. The number of esters is 1. The molecule has 4 rings (SSSR count). The lowest BCUT2D eigenvalue weighted by atomic mass is 9.90. The molecule has 1 aliphatic heterocycles. The van der Waals surface area contributed by atoms with Gasteiger partial charge in [0.15, 0.2) is 0 Å². The maximum atomic E-state index is 13.7. The van der Waals surface area contributed by atoms with Crippen molar-refractivity contribution in [2.75, 3.05) is 13.7 Å². The maximum Gasteiger partial charge on any atom is 0.319 e. The highest BCUT2D eigenvalue weighted by atomic mass is 16.5. The van der Waals surface area contributed by atoms with Crippen molar-refractivity contribution in [2.45, 2.75) is 53.0 Å². The minimum atomic E-state index is -0.664. The third-order valence-corrected chi connectivity index (χ3v) is 6.39. The molecule has 1 saturated carbocycles. The van der Waals surface area contributed by atoms with Gasteiger partial charge in [-0.15, -0.1) is 0 Å². The summed E-state index contributed by atoms with van der Waals surface area (Å²) in [4.78, 5) is 26.8. The van der Waals surface area contributed by atoms with E-state index in [1.165, 1.54) is 12.7 Å². The van der Waals surface area contributed by atoms with Crippen LogP contribution in [-0.2, 0) is 20.9 Å². The number of nitrogens with zero attached hydrogens (tertiary/aromatic N) is 1. The van der Waals surface area contributed by atoms with Crippen LogP contribution in [0.2, 0.25) is 0 Å². The largest absolute Gasteiger partial charge is 0.469 e. The highest BCUT2D eigenvalue weighted by molar-refractivity contribution is 5.95. The number of hydrogen-bond acceptors (Lipinski definition) is 4. The van der Waals surface area contributed by atoms with Gasteiger partial charge in [-0.25, -0.2) is 4.79 Å². The van der Waals surface area contributed by atoms with Crippen molar-refractivity contribution in [3.05, 3.63) is 35.5 Å². The van der Waals surface area contributed by atoms with Gasteiger partial charge in [-0.1, -0.05) is 27.4 Å². The molecule has 6 heteroatoms. The Morgan fingerprint density at radius 3 is 2.79 bits per heavy atom. The summed E-state index contributed by atoms with van der Waals surface area (Å²) in [5, 5.41) is 8.46. The maximum absolute atomic E-state index is 13.7. The van der Waals surface area contributed by atoms with Crippen molar-refractivity contribution in [1.29, 1.82) is 0 Å². The number of hydrogen-bond donors (Lipinski definition) is 2. The first-order valence-electron chi connectivity index (χ1n) is 10.2. The van der Waals surface area contributed by atoms with E-state index >= 15 is 0 Å². The summed E-state index contributed by atoms with van der Waals surface area (Å²) in [5.74, 6) is -0.129. The van der Waals surface area contributed by atoms with Gasteiger partial charge >= 0.3 is 11.9 Å². The zero-order chi connectivity index (χ0) is 21.1. The normalized spacial score (nSPS) is 25.9. The molecule has 29 heavy (non-hydrogen) atoms. The lowest BCUT2D eigenvalue weighted by molar-refractivity contribution is -0.844. The Labute approximate surface area is 171 Å². The van der Waals surface area contributed by atoms with Gasteiger partial charge in [-0.3, -0.25) is 14.8 Å². The Morgan fingerprint density at radius 1 is 1.45 bits per heavy atom. The molecule has 3 atom stereocenters. The molecule has 0 saturated heterocycles. The number of rotatable bonds is 4. The first-order valence-corrected chi connectivity index (χ1v) is 10.2. The van der Waals surface area contributed by atoms with Crippen LogP contribution in [0.4, 0.5) is 0 Å². The Morgan fingerprint density at radius 2 is 2.17 bits per heavy atom. The number of allylic oxidation sites excluding steroid dienone is 1. The fourth-order valence-electron chi connectivity index (χ4n) is 5.03. The van der Waals surface area contributed by atoms with Gasteiger partial charge in [0.25, 0.3) is 0 Å². The molecule has 2 N–H and O–H groups in total. The van der Waals surface area contributed by atoms with Crippen molar-refractivity contribution < 1.29 is 19.2 Å². The molecule has 2 unspecified atom stereocenters. The molecular weight excluding hydrogens is 366 g/mol. The van der Waals surface area contributed by atoms with E-state index in [0.29, 0.717) is 19.5 Å². The van der Waals surface area contributed by atoms with Crippen molar-refractivity contribution in [3.63, 3.8) is 0 Å². The van der Waals surface area contributed by atoms with Crippen molar-refractivity contribution >= 4 is 28.4 Å². The van der Waals surface area contributed by atoms with E-state index < -0.39 is 5.41 Å². The first-order chi connectivity index (χ1) is 13.6. The summed E-state index contributed by atoms with van der Waals surface area (Å²) in [6, 6.07) is 2.16. The molecule has 1 aromatic heterocycles. The fraction of sp³-hybridized carbons (Fsp3) is 0.522. The number of nitrogens with one attached hydrogen (secondary N) is 2. The smallest absolute Gasteiger partial charge is 0.319 e. The summed E-state index contributed by atoms with van der Waals surface area (Å²) in [6.07, 6.45) is 2.70. The van der Waals surface area contributed by atoms with Crippen LogP contribution in [0.3, 0.4) is 0 Å². The minimum Gasteiger partial charge on any atom is -0.469 e. The summed E-state index contributed by atoms with van der Waals surface area (Å²) in [6.45, 7) is 13.9. The molecule has 6 nitrogen and oxygen atoms in total. The van der Waals surface area contributed by atoms with Gasteiger partial charge in [-0.2, -0.15) is 5.10 Å². The third-order valence-electron chi connectivity index (χ3n) is 6.39. The Bertz CT molecular complexity index is 1030. The van der Waals surface area contributed by atoms with E-state index in [9.17, 15) is 9.59 Å². The van der Waals surface area contributed by atoms with Crippen LogP contribution in [0.25, 0.3) is 16.5 Å². The number of carbonyl (C=O) groups is 2. The molecule has 2 aromatic rings. The van der Waals surface area contributed by atoms with Crippen LogP contribution >= 0.6 is 0 Å². The van der Waals surface area contributed by atoms with Crippen molar-refractivity contribution in [3.8, 4) is 0 Å². The zero-order valence-corrected chi connectivity index (χ0v) is 17.9. The number of quaternary nitrogens is 1. The Kier molecular flexibility index (Phi) is 4.46. The molecule has 1 aliphatic carbocycles.